The number of unbranched alkanes of at least 4 members (excludes halogenated alkanes) is 1. The van der Waals surface area contributed by atoms with E-state index in [1.54, 1.807) is 18.2 Å². The van der Waals surface area contributed by atoms with Crippen LogP contribution in [0.1, 0.15) is 119 Å². The average Bonchev–Trinajstić information content (AvgIpc) is 4.26. The Morgan fingerprint density at radius 3 is 2.25 bits per heavy atom. The van der Waals surface area contributed by atoms with Crippen LogP contribution in [0.15, 0.2) is 103 Å². The first-order valence-electron chi connectivity index (χ1n) is 26.4. The number of carbonyl (C=O) groups is 9. The van der Waals surface area contributed by atoms with Crippen LogP contribution in [0.2, 0.25) is 0 Å². The predicted molar refractivity (Wildman–Crippen MR) is 287 cm³/mol. The number of hydrogen-bond acceptors (Lipinski definition) is 10. The number of rotatable bonds is 17. The van der Waals surface area contributed by atoms with Crippen LogP contribution in [-0.2, 0) is 50.3 Å². The van der Waals surface area contributed by atoms with Gasteiger partial charge in [-0.25, -0.2) is 0 Å². The highest BCUT2D eigenvalue weighted by Gasteiger charge is 2.51. The SMILES string of the molecule is NC(=O)CCC(NC(=O)[C@@H]1CC[C@@H]2CCN(C(=O)CCCC#Cc3cccc4c3CN(C3CCC(=O)NC3=O)C4=O)C[C@H](NC(=O)c3cc4cc(C(F)(F)P(=O)(O)O)ccc4[nH]3)C(=O)N21)C(=O)NC(c1ccccc1)c1ccccc1. The van der Waals surface area contributed by atoms with Crippen molar-refractivity contribution in [3.05, 3.63) is 142 Å². The molecule has 0 radical (unpaired) electrons. The van der Waals surface area contributed by atoms with E-state index in [0.29, 0.717) is 16.7 Å². The summed E-state index contributed by atoms with van der Waals surface area (Å²) in [5, 5.41) is 10.7. The Balaban J connectivity index is 0.924. The standard InChI is InChI=1S/C57H58F2N9O12P/c58-57(59,81(78,79)80)37-19-21-41-36(29-37)30-43(61-41)52(73)63-44-32-66(49(71)18-9-3-4-11-33-16-10-17-39-40(33)31-67(55(39)76)45-24-26-48(70)64-53(45)74)28-27-38-20-23-46(68(38)56(44)77)54(75)62-42(22-25-47(60)69)51(72)65-50(34-12-5-1-6-13-34)35-14-7-2-8-15-35/h1-2,5-8,10,12-17,19,21,29-30,38,42,44-46,50,61H,3,9,18,20,22-28,31-32H2,(H2,60,69)(H,62,75)(H,63,73)(H,65,72)(H,64,70,74)(H2,78,79,80)/t38-,42?,44+,45?,46+/m1/s1. The lowest BCUT2D eigenvalue weighted by atomic mass is 9.98. The van der Waals surface area contributed by atoms with Crippen molar-refractivity contribution in [2.45, 2.75) is 113 Å². The minimum absolute atomic E-state index is 0.0147. The zero-order chi connectivity index (χ0) is 57.8. The second kappa shape index (κ2) is 24.0. The lowest BCUT2D eigenvalue weighted by Gasteiger charge is -2.39. The molecule has 21 nitrogen and oxygen atoms in total. The van der Waals surface area contributed by atoms with Gasteiger partial charge in [0.2, 0.25) is 41.4 Å². The van der Waals surface area contributed by atoms with E-state index in [1.165, 1.54) is 14.7 Å². The number of nitrogens with zero attached hydrogens (tertiary/aromatic N) is 3. The summed E-state index contributed by atoms with van der Waals surface area (Å²) in [4.78, 5) is 148. The second-order valence-corrected chi connectivity index (χ2v) is 22.1. The number of amides is 9. The molecule has 0 aliphatic carbocycles. The molecule has 3 fully saturated rings. The van der Waals surface area contributed by atoms with Gasteiger partial charge in [0.05, 0.1) is 6.04 Å². The molecule has 422 valence electrons. The van der Waals surface area contributed by atoms with E-state index in [4.69, 9.17) is 5.73 Å². The molecule has 1 aromatic heterocycles. The van der Waals surface area contributed by atoms with Gasteiger partial charge in [0.1, 0.15) is 29.9 Å². The van der Waals surface area contributed by atoms with Crippen LogP contribution < -0.4 is 27.0 Å². The van der Waals surface area contributed by atoms with Gasteiger partial charge in [-0.1, -0.05) is 84.6 Å². The number of aromatic amines is 1. The molecular formula is C57H58F2N9O12P. The van der Waals surface area contributed by atoms with Crippen molar-refractivity contribution in [3.8, 4) is 11.8 Å². The fourth-order valence-corrected chi connectivity index (χ4v) is 11.4. The number of nitrogens with one attached hydrogen (secondary N) is 5. The van der Waals surface area contributed by atoms with E-state index in [-0.39, 0.29) is 112 Å². The molecule has 0 saturated carbocycles. The summed E-state index contributed by atoms with van der Waals surface area (Å²) in [7, 11) is -5.94. The molecule has 9 amide bonds. The molecule has 81 heavy (non-hydrogen) atoms. The summed E-state index contributed by atoms with van der Waals surface area (Å²) in [5.74, 6) is 0.753. The Bertz CT molecular complexity index is 3400. The van der Waals surface area contributed by atoms with E-state index < -0.39 is 96.4 Å². The molecule has 9 N–H and O–H groups in total. The van der Waals surface area contributed by atoms with Gasteiger partial charge in [-0.2, -0.15) is 8.78 Å². The van der Waals surface area contributed by atoms with Gasteiger partial charge in [0, 0.05) is 79.0 Å². The van der Waals surface area contributed by atoms with Crippen LogP contribution in [0.5, 0.6) is 0 Å². The maximum absolute atomic E-state index is 15.0. The Hall–Kier alpha value is -8.58. The summed E-state index contributed by atoms with van der Waals surface area (Å²) < 4.78 is 41.1. The maximum atomic E-state index is 15.0. The summed E-state index contributed by atoms with van der Waals surface area (Å²) in [6.45, 7) is -0.165. The number of alkyl halides is 2. The second-order valence-electron chi connectivity index (χ2n) is 20.4. The number of fused-ring (bicyclic) bond motifs is 3. The van der Waals surface area contributed by atoms with Gasteiger partial charge < -0.3 is 51.2 Å². The van der Waals surface area contributed by atoms with Gasteiger partial charge in [-0.3, -0.25) is 53.0 Å². The Morgan fingerprint density at radius 2 is 1.57 bits per heavy atom. The Morgan fingerprint density at radius 1 is 0.852 bits per heavy atom. The summed E-state index contributed by atoms with van der Waals surface area (Å²) in [6, 6.07) is 21.1. The van der Waals surface area contributed by atoms with E-state index in [0.717, 1.165) is 35.4 Å². The van der Waals surface area contributed by atoms with Crippen molar-refractivity contribution < 1.29 is 66.3 Å². The van der Waals surface area contributed by atoms with Crippen molar-refractivity contribution in [1.29, 1.82) is 0 Å². The number of piperidine rings is 1. The van der Waals surface area contributed by atoms with Crippen molar-refractivity contribution in [2.24, 2.45) is 5.73 Å². The number of halogens is 2. The predicted octanol–water partition coefficient (Wildman–Crippen LogP) is 3.72. The highest BCUT2D eigenvalue weighted by Crippen LogP contribution is 2.59. The lowest BCUT2D eigenvalue weighted by molar-refractivity contribution is -0.145. The molecule has 3 saturated heterocycles. The van der Waals surface area contributed by atoms with Crippen LogP contribution in [0.25, 0.3) is 10.9 Å². The van der Waals surface area contributed by atoms with Crippen LogP contribution in [-0.4, -0.2) is 126 Å². The number of benzene rings is 4. The van der Waals surface area contributed by atoms with Crippen LogP contribution >= 0.6 is 7.60 Å². The number of primary amides is 1. The fraction of sp³-hybridized carbons (Fsp3) is 0.351. The normalized spacial score (nSPS) is 19.6. The Labute approximate surface area is 462 Å². The van der Waals surface area contributed by atoms with Gasteiger partial charge in [-0.15, -0.1) is 0 Å². The zero-order valence-corrected chi connectivity index (χ0v) is 44.5. The molecule has 4 aromatic carbocycles. The minimum Gasteiger partial charge on any atom is -0.370 e. The molecule has 5 heterocycles. The molecule has 4 aliphatic heterocycles. The quantitative estimate of drug-likeness (QED) is 0.0286. The number of carbonyl (C=O) groups excluding carboxylic acids is 9. The lowest BCUT2D eigenvalue weighted by Crippen LogP contribution is -2.62. The van der Waals surface area contributed by atoms with E-state index in [1.807, 2.05) is 60.7 Å². The van der Waals surface area contributed by atoms with Crippen LogP contribution in [0.3, 0.4) is 0 Å². The average molecular weight is 1130 g/mol. The molecule has 24 heteroatoms. The van der Waals surface area contributed by atoms with Crippen LogP contribution in [0, 0.1) is 11.8 Å². The van der Waals surface area contributed by atoms with Crippen molar-refractivity contribution in [2.75, 3.05) is 13.1 Å². The highest BCUT2D eigenvalue weighted by molar-refractivity contribution is 7.52. The van der Waals surface area contributed by atoms with E-state index in [2.05, 4.69) is 38.1 Å². The zero-order valence-electron chi connectivity index (χ0n) is 43.6. The third kappa shape index (κ3) is 12.6. The van der Waals surface area contributed by atoms with Gasteiger partial charge in [0.15, 0.2) is 0 Å². The number of nitrogens with two attached hydrogens (primary N) is 1. The minimum atomic E-state index is -5.94. The van der Waals surface area contributed by atoms with Crippen molar-refractivity contribution in [1.82, 2.24) is 41.0 Å². The van der Waals surface area contributed by atoms with E-state index in [9.17, 15) is 61.5 Å². The van der Waals surface area contributed by atoms with Gasteiger partial charge >= 0.3 is 13.3 Å². The first-order valence-corrected chi connectivity index (χ1v) is 28.0. The van der Waals surface area contributed by atoms with Crippen LogP contribution in [0.4, 0.5) is 8.78 Å². The topological polar surface area (TPSA) is 311 Å². The molecule has 5 atom stereocenters. The molecule has 5 aromatic rings. The van der Waals surface area contributed by atoms with Crippen molar-refractivity contribution in [3.63, 3.8) is 0 Å². The third-order valence-electron chi connectivity index (χ3n) is 15.1. The maximum Gasteiger partial charge on any atom is 0.399 e. The molecule has 0 bridgehead atoms. The monoisotopic (exact) mass is 1130 g/mol. The number of hydrogen-bond donors (Lipinski definition) is 8. The van der Waals surface area contributed by atoms with Crippen molar-refractivity contribution >= 4 is 71.7 Å². The first kappa shape index (κ1) is 57.1. The van der Waals surface area contributed by atoms with Gasteiger partial charge in [0.25, 0.3) is 11.8 Å². The number of aromatic nitrogens is 1. The molecule has 9 rings (SSSR count). The first-order chi connectivity index (χ1) is 38.7. The van der Waals surface area contributed by atoms with Gasteiger partial charge in [-0.05, 0) is 85.5 Å². The Kier molecular flexibility index (Phi) is 16.9. The fourth-order valence-electron chi connectivity index (χ4n) is 10.9. The molecule has 0 spiro atoms. The summed E-state index contributed by atoms with van der Waals surface area (Å²) in [5.41, 5.74) is 2.95. The van der Waals surface area contributed by atoms with E-state index >= 15 is 4.79 Å². The largest absolute Gasteiger partial charge is 0.399 e. The molecule has 4 aliphatic rings. The number of imide groups is 1. The number of H-pyrrole nitrogens is 1. The molecule has 2 unspecified atom stereocenters. The summed E-state index contributed by atoms with van der Waals surface area (Å²) >= 11 is 0. The highest BCUT2D eigenvalue weighted by atomic mass is 31.2. The third-order valence-corrected chi connectivity index (χ3v) is 16.1. The smallest absolute Gasteiger partial charge is 0.370 e. The molecular weight excluding hydrogens is 1070 g/mol. The summed E-state index contributed by atoms with van der Waals surface area (Å²) in [6.07, 6.45) is 0.942.